The number of nitrogens with one attached hydrogen (secondary N) is 1. The molecular formula is C15H21NO3. The van der Waals surface area contributed by atoms with Crippen molar-refractivity contribution >= 4 is 5.91 Å². The van der Waals surface area contributed by atoms with Crippen LogP contribution in [0.15, 0.2) is 24.3 Å². The van der Waals surface area contributed by atoms with Gasteiger partial charge in [-0.25, -0.2) is 0 Å². The largest absolute Gasteiger partial charge is 0.496 e. The maximum Gasteiger partial charge on any atom is 0.224 e. The summed E-state index contributed by atoms with van der Waals surface area (Å²) in [4.78, 5) is 11.8. The number of carbonyl (C=O) groups is 1. The van der Waals surface area contributed by atoms with Crippen molar-refractivity contribution in [1.29, 1.82) is 0 Å². The third-order valence-electron chi connectivity index (χ3n) is 3.36. The second-order valence-electron chi connectivity index (χ2n) is 4.76. The van der Waals surface area contributed by atoms with Gasteiger partial charge in [0.05, 0.1) is 19.6 Å². The Hall–Kier alpha value is -1.55. The monoisotopic (exact) mass is 263 g/mol. The molecule has 104 valence electrons. The molecule has 0 bridgehead atoms. The van der Waals surface area contributed by atoms with Crippen LogP contribution in [0.1, 0.15) is 24.8 Å². The predicted octanol–water partition coefficient (Wildman–Crippen LogP) is 1.92. The van der Waals surface area contributed by atoms with Crippen molar-refractivity contribution < 1.29 is 14.3 Å². The van der Waals surface area contributed by atoms with Gasteiger partial charge >= 0.3 is 0 Å². The number of methoxy groups -OCH3 is 1. The molecule has 4 heteroatoms. The highest BCUT2D eigenvalue weighted by atomic mass is 16.5. The Morgan fingerprint density at radius 1 is 1.47 bits per heavy atom. The van der Waals surface area contributed by atoms with E-state index in [0.717, 1.165) is 37.2 Å². The zero-order chi connectivity index (χ0) is 13.5. The van der Waals surface area contributed by atoms with Gasteiger partial charge < -0.3 is 14.8 Å². The molecule has 0 radical (unpaired) electrons. The number of ether oxygens (including phenoxy) is 2. The molecule has 1 unspecified atom stereocenters. The molecule has 1 aromatic carbocycles. The maximum atomic E-state index is 11.8. The van der Waals surface area contributed by atoms with E-state index >= 15 is 0 Å². The Morgan fingerprint density at radius 2 is 2.32 bits per heavy atom. The number of para-hydroxylation sites is 1. The van der Waals surface area contributed by atoms with Crippen LogP contribution in [0.25, 0.3) is 0 Å². The van der Waals surface area contributed by atoms with Crippen LogP contribution in [0.3, 0.4) is 0 Å². The molecule has 0 aromatic heterocycles. The average molecular weight is 263 g/mol. The fourth-order valence-electron chi connectivity index (χ4n) is 2.33. The summed E-state index contributed by atoms with van der Waals surface area (Å²) in [5, 5.41) is 2.93. The highest BCUT2D eigenvalue weighted by molar-refractivity contribution is 5.79. The molecule has 1 aliphatic rings. The average Bonchev–Trinajstić information content (AvgIpc) is 2.92. The Balaban J connectivity index is 1.74. The van der Waals surface area contributed by atoms with Gasteiger partial charge in [0.15, 0.2) is 0 Å². The summed E-state index contributed by atoms with van der Waals surface area (Å²) < 4.78 is 10.8. The number of amides is 1. The zero-order valence-electron chi connectivity index (χ0n) is 11.4. The van der Waals surface area contributed by atoms with Crippen molar-refractivity contribution in [1.82, 2.24) is 5.32 Å². The lowest BCUT2D eigenvalue weighted by molar-refractivity contribution is -0.120. The molecule has 19 heavy (non-hydrogen) atoms. The molecule has 1 heterocycles. The van der Waals surface area contributed by atoms with Gasteiger partial charge in [0.25, 0.3) is 0 Å². The van der Waals surface area contributed by atoms with Gasteiger partial charge in [-0.3, -0.25) is 4.79 Å². The molecule has 4 nitrogen and oxygen atoms in total. The normalized spacial score (nSPS) is 18.3. The van der Waals surface area contributed by atoms with Gasteiger partial charge in [0.2, 0.25) is 5.91 Å². The molecule has 0 saturated carbocycles. The molecule has 1 amide bonds. The summed E-state index contributed by atoms with van der Waals surface area (Å²) in [6.45, 7) is 1.54. The van der Waals surface area contributed by atoms with Gasteiger partial charge in [0, 0.05) is 18.7 Å². The van der Waals surface area contributed by atoms with Crippen LogP contribution in [0.4, 0.5) is 0 Å². The van der Waals surface area contributed by atoms with E-state index < -0.39 is 0 Å². The molecule has 0 spiro atoms. The lowest BCUT2D eigenvalue weighted by Crippen LogP contribution is -2.28. The van der Waals surface area contributed by atoms with E-state index in [1.807, 2.05) is 24.3 Å². The van der Waals surface area contributed by atoms with E-state index in [9.17, 15) is 4.79 Å². The van der Waals surface area contributed by atoms with Gasteiger partial charge in [-0.05, 0) is 25.3 Å². The fourth-order valence-corrected chi connectivity index (χ4v) is 2.33. The first-order valence-corrected chi connectivity index (χ1v) is 6.80. The molecule has 1 aliphatic heterocycles. The topological polar surface area (TPSA) is 47.6 Å². The summed E-state index contributed by atoms with van der Waals surface area (Å²) >= 11 is 0. The zero-order valence-corrected chi connectivity index (χ0v) is 11.4. The molecule has 1 saturated heterocycles. The molecule has 1 aromatic rings. The van der Waals surface area contributed by atoms with Crippen LogP contribution in [-0.2, 0) is 16.0 Å². The smallest absolute Gasteiger partial charge is 0.224 e. The standard InChI is InChI=1S/C15H21NO3/c1-18-14-7-3-2-5-12(14)11-15(17)16-9-8-13-6-4-10-19-13/h2-3,5,7,13H,4,6,8-11H2,1H3,(H,16,17). The predicted molar refractivity (Wildman–Crippen MR) is 73.3 cm³/mol. The minimum atomic E-state index is 0.0301. The summed E-state index contributed by atoms with van der Waals surface area (Å²) in [6, 6.07) is 7.60. The lowest BCUT2D eigenvalue weighted by Gasteiger charge is -2.11. The van der Waals surface area contributed by atoms with E-state index in [0.29, 0.717) is 19.1 Å². The van der Waals surface area contributed by atoms with Crippen LogP contribution in [0.2, 0.25) is 0 Å². The second kappa shape index (κ2) is 7.14. The minimum Gasteiger partial charge on any atom is -0.496 e. The van der Waals surface area contributed by atoms with Crippen LogP contribution in [0.5, 0.6) is 5.75 Å². The highest BCUT2D eigenvalue weighted by Crippen LogP contribution is 2.18. The Morgan fingerprint density at radius 3 is 3.05 bits per heavy atom. The molecule has 1 atom stereocenters. The molecule has 1 N–H and O–H groups in total. The lowest BCUT2D eigenvalue weighted by atomic mass is 10.1. The van der Waals surface area contributed by atoms with Crippen molar-refractivity contribution in [2.45, 2.75) is 31.8 Å². The van der Waals surface area contributed by atoms with Crippen LogP contribution < -0.4 is 10.1 Å². The first-order chi connectivity index (χ1) is 9.29. The van der Waals surface area contributed by atoms with E-state index in [2.05, 4.69) is 5.32 Å². The van der Waals surface area contributed by atoms with Crippen molar-refractivity contribution in [2.75, 3.05) is 20.3 Å². The van der Waals surface area contributed by atoms with E-state index in [-0.39, 0.29) is 5.91 Å². The second-order valence-corrected chi connectivity index (χ2v) is 4.76. The molecule has 0 aliphatic carbocycles. The number of hydrogen-bond donors (Lipinski definition) is 1. The van der Waals surface area contributed by atoms with E-state index in [1.54, 1.807) is 7.11 Å². The Bertz CT molecular complexity index is 414. The number of rotatable bonds is 6. The summed E-state index contributed by atoms with van der Waals surface area (Å²) in [5.41, 5.74) is 0.916. The number of benzene rings is 1. The number of carbonyl (C=O) groups excluding carboxylic acids is 1. The van der Waals surface area contributed by atoms with Crippen molar-refractivity contribution in [3.05, 3.63) is 29.8 Å². The minimum absolute atomic E-state index is 0.0301. The fraction of sp³-hybridized carbons (Fsp3) is 0.533. The Kier molecular flexibility index (Phi) is 5.21. The van der Waals surface area contributed by atoms with Crippen LogP contribution >= 0.6 is 0 Å². The van der Waals surface area contributed by atoms with E-state index in [1.165, 1.54) is 0 Å². The van der Waals surface area contributed by atoms with Crippen LogP contribution in [0, 0.1) is 0 Å². The van der Waals surface area contributed by atoms with Crippen molar-refractivity contribution in [3.63, 3.8) is 0 Å². The van der Waals surface area contributed by atoms with E-state index in [4.69, 9.17) is 9.47 Å². The summed E-state index contributed by atoms with van der Waals surface area (Å²) in [5.74, 6) is 0.791. The van der Waals surface area contributed by atoms with Gasteiger partial charge in [-0.15, -0.1) is 0 Å². The third kappa shape index (κ3) is 4.24. The first kappa shape index (κ1) is 13.9. The first-order valence-electron chi connectivity index (χ1n) is 6.80. The van der Waals surface area contributed by atoms with Gasteiger partial charge in [-0.1, -0.05) is 18.2 Å². The summed E-state index contributed by atoms with van der Waals surface area (Å²) in [7, 11) is 1.62. The highest BCUT2D eigenvalue weighted by Gasteiger charge is 2.15. The maximum absolute atomic E-state index is 11.8. The third-order valence-corrected chi connectivity index (χ3v) is 3.36. The van der Waals surface area contributed by atoms with Gasteiger partial charge in [0.1, 0.15) is 5.75 Å². The molecule has 1 fully saturated rings. The van der Waals surface area contributed by atoms with Crippen molar-refractivity contribution in [2.24, 2.45) is 0 Å². The quantitative estimate of drug-likeness (QED) is 0.853. The van der Waals surface area contributed by atoms with Crippen LogP contribution in [-0.4, -0.2) is 32.3 Å². The Labute approximate surface area is 114 Å². The molecular weight excluding hydrogens is 242 g/mol. The van der Waals surface area contributed by atoms with Gasteiger partial charge in [-0.2, -0.15) is 0 Å². The summed E-state index contributed by atoms with van der Waals surface area (Å²) in [6.07, 6.45) is 3.83. The SMILES string of the molecule is COc1ccccc1CC(=O)NCCC1CCCO1. The number of hydrogen-bond acceptors (Lipinski definition) is 3. The molecule has 2 rings (SSSR count). The van der Waals surface area contributed by atoms with Crippen molar-refractivity contribution in [3.8, 4) is 5.75 Å².